The van der Waals surface area contributed by atoms with Gasteiger partial charge in [-0.2, -0.15) is 5.26 Å². The molecule has 1 amide bonds. The maximum Gasteiger partial charge on any atom is 0.291 e. The van der Waals surface area contributed by atoms with Gasteiger partial charge in [-0.05, 0) is 92.9 Å². The van der Waals surface area contributed by atoms with Crippen molar-refractivity contribution in [3.63, 3.8) is 0 Å². The second-order valence-corrected chi connectivity index (χ2v) is 11.4. The lowest BCUT2D eigenvalue weighted by Crippen LogP contribution is -2.37. The molecule has 2 aromatic heterocycles. The summed E-state index contributed by atoms with van der Waals surface area (Å²) < 4.78 is 6.47. The van der Waals surface area contributed by atoms with Crippen LogP contribution >= 0.6 is 0 Å². The molecule has 1 aliphatic carbocycles. The molecular formula is C29H33N5O2. The molecule has 3 aliphatic rings. The molecule has 36 heavy (non-hydrogen) atoms. The van der Waals surface area contributed by atoms with Gasteiger partial charge in [0.2, 0.25) is 0 Å². The minimum atomic E-state index is -0.437. The fourth-order valence-electron chi connectivity index (χ4n) is 5.56. The number of carbonyl (C=O) groups is 1. The highest BCUT2D eigenvalue weighted by molar-refractivity contribution is 6.03. The Labute approximate surface area is 212 Å². The molecule has 2 aromatic rings. The van der Waals surface area contributed by atoms with Crippen molar-refractivity contribution in [2.75, 3.05) is 5.32 Å². The molecule has 2 atom stereocenters. The summed E-state index contributed by atoms with van der Waals surface area (Å²) in [5.74, 6) is -0.301. The third-order valence-corrected chi connectivity index (χ3v) is 8.18. The van der Waals surface area contributed by atoms with Crippen LogP contribution < -0.4 is 5.32 Å². The zero-order chi connectivity index (χ0) is 25.9. The minimum absolute atomic E-state index is 0.0990. The standard InChI is InChI=1S/C29H33N5O2/c1-17-18(2)29(6)14-20(13-28(17,5)36-29)22-7-8-23(34-26(35)25-31-16-21(15-30)32-25)24(33-22)19-9-11-27(3,4)12-10-19/h7-9,13,16H,10-12,14H2,1-6H3,(H,31,32)(H,34,35). The van der Waals surface area contributed by atoms with Gasteiger partial charge in [-0.3, -0.25) is 4.79 Å². The van der Waals surface area contributed by atoms with Gasteiger partial charge in [0.05, 0.1) is 28.9 Å². The van der Waals surface area contributed by atoms with E-state index >= 15 is 0 Å². The summed E-state index contributed by atoms with van der Waals surface area (Å²) in [4.78, 5) is 24.8. The topological polar surface area (TPSA) is 104 Å². The third kappa shape index (κ3) is 4.10. The van der Waals surface area contributed by atoms with E-state index in [-0.39, 0.29) is 22.5 Å². The quantitative estimate of drug-likeness (QED) is 0.504. The average molecular weight is 484 g/mol. The predicted octanol–water partition coefficient (Wildman–Crippen LogP) is 6.19. The lowest BCUT2D eigenvalue weighted by Gasteiger charge is -2.37. The van der Waals surface area contributed by atoms with Crippen LogP contribution in [0.1, 0.15) is 94.9 Å². The SMILES string of the molecule is CC1=C(C)C2(C)CC(c3ccc(NC(=O)c4ncc(C#N)[nH]4)c(C4=CCC(C)(C)CC4)n3)=CC1(C)O2. The van der Waals surface area contributed by atoms with Gasteiger partial charge in [-0.25, -0.2) is 9.97 Å². The van der Waals surface area contributed by atoms with Gasteiger partial charge in [0.15, 0.2) is 5.82 Å². The molecule has 7 nitrogen and oxygen atoms in total. The second kappa shape index (κ2) is 8.28. The molecule has 0 saturated heterocycles. The fourth-order valence-corrected chi connectivity index (χ4v) is 5.56. The number of hydrogen-bond acceptors (Lipinski definition) is 5. The Kier molecular flexibility index (Phi) is 5.57. The van der Waals surface area contributed by atoms with E-state index in [0.717, 1.165) is 48.2 Å². The lowest BCUT2D eigenvalue weighted by molar-refractivity contribution is -0.0554. The van der Waals surface area contributed by atoms with Crippen LogP contribution in [-0.4, -0.2) is 32.1 Å². The minimum Gasteiger partial charge on any atom is -0.356 e. The zero-order valence-corrected chi connectivity index (χ0v) is 21.9. The van der Waals surface area contributed by atoms with Gasteiger partial charge in [-0.15, -0.1) is 0 Å². The van der Waals surface area contributed by atoms with Crippen LogP contribution in [0.25, 0.3) is 11.1 Å². The Morgan fingerprint density at radius 3 is 2.58 bits per heavy atom. The largest absolute Gasteiger partial charge is 0.356 e. The Bertz CT molecular complexity index is 1400. The highest BCUT2D eigenvalue weighted by Gasteiger charge is 2.49. The number of aromatic nitrogens is 3. The van der Waals surface area contributed by atoms with Gasteiger partial charge < -0.3 is 15.0 Å². The number of nitrogens with one attached hydrogen (secondary N) is 2. The molecule has 0 aromatic carbocycles. The number of amides is 1. The lowest BCUT2D eigenvalue weighted by atomic mass is 9.77. The molecule has 0 radical (unpaired) electrons. The van der Waals surface area contributed by atoms with Crippen LogP contribution in [0.5, 0.6) is 0 Å². The summed E-state index contributed by atoms with van der Waals surface area (Å²) in [7, 11) is 0. The maximum atomic E-state index is 12.9. The first-order chi connectivity index (χ1) is 16.9. The molecule has 2 bridgehead atoms. The monoisotopic (exact) mass is 483 g/mol. The second-order valence-electron chi connectivity index (χ2n) is 11.4. The van der Waals surface area contributed by atoms with Gasteiger partial charge in [0.1, 0.15) is 17.4 Å². The van der Waals surface area contributed by atoms with Crippen LogP contribution in [0.4, 0.5) is 5.69 Å². The van der Waals surface area contributed by atoms with Crippen molar-refractivity contribution in [2.24, 2.45) is 5.41 Å². The average Bonchev–Trinajstić information content (AvgIpc) is 3.36. The van der Waals surface area contributed by atoms with E-state index in [2.05, 4.69) is 69.0 Å². The molecule has 0 fully saturated rings. The Morgan fingerprint density at radius 2 is 1.94 bits per heavy atom. The smallest absolute Gasteiger partial charge is 0.291 e. The summed E-state index contributed by atoms with van der Waals surface area (Å²) in [5.41, 5.74) is 6.89. The number of rotatable bonds is 4. The van der Waals surface area contributed by atoms with Crippen LogP contribution in [0.3, 0.4) is 0 Å². The number of carbonyl (C=O) groups excluding carboxylic acids is 1. The van der Waals surface area contributed by atoms with Crippen molar-refractivity contribution >= 4 is 22.7 Å². The first-order valence-electron chi connectivity index (χ1n) is 12.5. The Balaban J connectivity index is 1.53. The number of nitriles is 1. The molecule has 2 unspecified atom stereocenters. The van der Waals surface area contributed by atoms with Crippen molar-refractivity contribution in [1.29, 1.82) is 5.26 Å². The molecule has 5 rings (SSSR count). The van der Waals surface area contributed by atoms with E-state index < -0.39 is 11.5 Å². The van der Waals surface area contributed by atoms with Crippen molar-refractivity contribution in [1.82, 2.24) is 15.0 Å². The normalized spacial score (nSPS) is 26.8. The highest BCUT2D eigenvalue weighted by atomic mass is 16.5. The Hall–Kier alpha value is -3.50. The molecule has 2 aliphatic heterocycles. The van der Waals surface area contributed by atoms with Crippen molar-refractivity contribution in [2.45, 2.75) is 78.4 Å². The molecule has 4 heterocycles. The van der Waals surface area contributed by atoms with E-state index in [1.54, 1.807) is 0 Å². The number of hydrogen-bond donors (Lipinski definition) is 2. The van der Waals surface area contributed by atoms with Crippen molar-refractivity contribution in [3.05, 3.63) is 64.5 Å². The summed E-state index contributed by atoms with van der Waals surface area (Å²) in [6.07, 6.45) is 9.47. The Morgan fingerprint density at radius 1 is 1.17 bits per heavy atom. The first-order valence-corrected chi connectivity index (χ1v) is 12.5. The van der Waals surface area contributed by atoms with Crippen LogP contribution in [0.2, 0.25) is 0 Å². The summed E-state index contributed by atoms with van der Waals surface area (Å²) in [5, 5.41) is 12.0. The van der Waals surface area contributed by atoms with Gasteiger partial charge in [0, 0.05) is 6.42 Å². The van der Waals surface area contributed by atoms with E-state index in [0.29, 0.717) is 5.69 Å². The predicted molar refractivity (Wildman–Crippen MR) is 140 cm³/mol. The van der Waals surface area contributed by atoms with Crippen LogP contribution in [0, 0.1) is 16.7 Å². The number of anilines is 1. The fraction of sp³-hybridized carbons (Fsp3) is 0.448. The maximum absolute atomic E-state index is 12.9. The van der Waals surface area contributed by atoms with Gasteiger partial charge in [0.25, 0.3) is 5.91 Å². The molecule has 2 N–H and O–H groups in total. The summed E-state index contributed by atoms with van der Waals surface area (Å²) in [6.45, 7) is 13.1. The highest BCUT2D eigenvalue weighted by Crippen LogP contribution is 2.52. The number of allylic oxidation sites excluding steroid dienone is 2. The number of ether oxygens (including phenoxy) is 1. The van der Waals surface area contributed by atoms with Gasteiger partial charge >= 0.3 is 0 Å². The van der Waals surface area contributed by atoms with E-state index in [1.807, 2.05) is 18.2 Å². The molecular weight excluding hydrogens is 450 g/mol. The number of fused-ring (bicyclic) bond motifs is 2. The van der Waals surface area contributed by atoms with Crippen LogP contribution in [0.15, 0.2) is 41.6 Å². The molecule has 186 valence electrons. The van der Waals surface area contributed by atoms with Gasteiger partial charge in [-0.1, -0.05) is 19.9 Å². The summed E-state index contributed by atoms with van der Waals surface area (Å²) in [6, 6.07) is 5.87. The molecule has 0 saturated carbocycles. The van der Waals surface area contributed by atoms with Crippen molar-refractivity contribution < 1.29 is 9.53 Å². The first kappa shape index (κ1) is 24.2. The number of imidazole rings is 1. The van der Waals surface area contributed by atoms with E-state index in [9.17, 15) is 4.79 Å². The number of aromatic amines is 1. The van der Waals surface area contributed by atoms with Crippen molar-refractivity contribution in [3.8, 4) is 6.07 Å². The molecule has 7 heteroatoms. The number of pyridine rings is 1. The molecule has 0 spiro atoms. The number of nitrogens with zero attached hydrogens (tertiary/aromatic N) is 3. The van der Waals surface area contributed by atoms with E-state index in [4.69, 9.17) is 15.0 Å². The third-order valence-electron chi connectivity index (χ3n) is 8.18. The number of H-pyrrole nitrogens is 1. The van der Waals surface area contributed by atoms with Crippen LogP contribution in [-0.2, 0) is 4.74 Å². The van der Waals surface area contributed by atoms with E-state index in [1.165, 1.54) is 17.3 Å². The zero-order valence-electron chi connectivity index (χ0n) is 21.9. The summed E-state index contributed by atoms with van der Waals surface area (Å²) >= 11 is 0.